The highest BCUT2D eigenvalue weighted by Crippen LogP contribution is 2.39. The SMILES string of the molecule is [2H]C([2H])([2H])O[C@H]1C[C@@H](C)C/C(C)=C/[C@@H](CC=C)C(=O)C[C@H](O)[C@@H](C)[C@@H](/C(C)=C/[C@@H]2CC[C@@H](O)[C@H](OC)C2)OC(=O)C2CCCCN2C(=O)C(=O)[C@]2(O)O[C@H]1[C@@H](OC)C[C@H]2C. The average molecular weight is 807 g/mol. The van der Waals surface area contributed by atoms with Gasteiger partial charge in [-0.2, -0.15) is 0 Å². The zero-order chi connectivity index (χ0) is 44.7. The Bertz CT molecular complexity index is 1580. The van der Waals surface area contributed by atoms with Crippen LogP contribution in [0.1, 0.15) is 109 Å². The summed E-state index contributed by atoms with van der Waals surface area (Å²) in [6.45, 7) is 12.6. The van der Waals surface area contributed by atoms with Crippen molar-refractivity contribution in [3.8, 4) is 0 Å². The van der Waals surface area contributed by atoms with Gasteiger partial charge in [0.25, 0.3) is 11.7 Å². The number of ether oxygens (including phenoxy) is 5. The van der Waals surface area contributed by atoms with E-state index < -0.39 is 90.9 Å². The van der Waals surface area contributed by atoms with Gasteiger partial charge in [0.1, 0.15) is 24.0 Å². The lowest BCUT2D eigenvalue weighted by Crippen LogP contribution is -2.64. The lowest BCUT2D eigenvalue weighted by Gasteiger charge is -2.47. The molecule has 57 heavy (non-hydrogen) atoms. The highest BCUT2D eigenvalue weighted by molar-refractivity contribution is 6.39. The number of aliphatic hydroxyl groups is 3. The van der Waals surface area contributed by atoms with Gasteiger partial charge in [0.05, 0.1) is 34.6 Å². The molecular weight excluding hydrogens is 734 g/mol. The van der Waals surface area contributed by atoms with Gasteiger partial charge in [0.2, 0.25) is 5.79 Å². The molecule has 0 spiro atoms. The molecule has 322 valence electrons. The quantitative estimate of drug-likeness (QED) is 0.185. The van der Waals surface area contributed by atoms with Crippen LogP contribution < -0.4 is 0 Å². The number of ketones is 2. The van der Waals surface area contributed by atoms with E-state index in [1.54, 1.807) is 27.0 Å². The van der Waals surface area contributed by atoms with Gasteiger partial charge < -0.3 is 43.9 Å². The van der Waals surface area contributed by atoms with Gasteiger partial charge >= 0.3 is 5.97 Å². The van der Waals surface area contributed by atoms with Gasteiger partial charge in [-0.3, -0.25) is 14.4 Å². The van der Waals surface area contributed by atoms with E-state index in [2.05, 4.69) is 6.58 Å². The fourth-order valence-corrected chi connectivity index (χ4v) is 9.31. The van der Waals surface area contributed by atoms with E-state index in [1.807, 2.05) is 26.0 Å². The highest BCUT2D eigenvalue weighted by Gasteiger charge is 2.56. The molecule has 0 aromatic heterocycles. The monoisotopic (exact) mass is 807 g/mol. The predicted molar refractivity (Wildman–Crippen MR) is 213 cm³/mol. The minimum Gasteiger partial charge on any atom is -0.456 e. The van der Waals surface area contributed by atoms with Crippen LogP contribution in [0.15, 0.2) is 36.0 Å². The average Bonchev–Trinajstić information content (AvgIpc) is 3.19. The number of carbonyl (C=O) groups excluding carboxylic acids is 4. The third kappa shape index (κ3) is 11.3. The Balaban J connectivity index is 1.81. The molecule has 3 fully saturated rings. The van der Waals surface area contributed by atoms with Crippen molar-refractivity contribution in [1.82, 2.24) is 4.90 Å². The number of amides is 1. The van der Waals surface area contributed by atoms with Crippen molar-refractivity contribution in [2.75, 3.05) is 27.8 Å². The fourth-order valence-electron chi connectivity index (χ4n) is 9.31. The van der Waals surface area contributed by atoms with Gasteiger partial charge in [-0.05, 0) is 95.5 Å². The van der Waals surface area contributed by atoms with Crippen LogP contribution in [0.5, 0.6) is 0 Å². The fraction of sp³-hybridized carbons (Fsp3) is 0.773. The van der Waals surface area contributed by atoms with Crippen molar-refractivity contribution >= 4 is 23.4 Å². The van der Waals surface area contributed by atoms with Crippen molar-refractivity contribution in [2.24, 2.45) is 29.6 Å². The normalized spacial score (nSPS) is 42.0. The second kappa shape index (κ2) is 21.0. The molecule has 2 saturated heterocycles. The number of cyclic esters (lactones) is 1. The van der Waals surface area contributed by atoms with Crippen LogP contribution in [0.4, 0.5) is 0 Å². The molecule has 0 aromatic rings. The number of piperidine rings is 1. The van der Waals surface area contributed by atoms with E-state index in [-0.39, 0.29) is 56.0 Å². The molecule has 1 saturated carbocycles. The van der Waals surface area contributed by atoms with Crippen LogP contribution >= 0.6 is 0 Å². The van der Waals surface area contributed by atoms with Crippen LogP contribution in [-0.4, -0.2) is 126 Å². The number of methoxy groups -OCH3 is 3. The molecule has 1 aliphatic carbocycles. The Hall–Kier alpha value is -2.78. The van der Waals surface area contributed by atoms with Crippen LogP contribution in [0.25, 0.3) is 0 Å². The summed E-state index contributed by atoms with van der Waals surface area (Å²) in [7, 11) is 0.0416. The smallest absolute Gasteiger partial charge is 0.329 e. The van der Waals surface area contributed by atoms with Gasteiger partial charge in [-0.25, -0.2) is 4.79 Å². The Kier molecular flexibility index (Phi) is 15.6. The third-order valence-electron chi connectivity index (χ3n) is 12.7. The van der Waals surface area contributed by atoms with Crippen LogP contribution in [0, 0.1) is 29.6 Å². The molecular formula is C44H69NO12. The van der Waals surface area contributed by atoms with E-state index in [4.69, 9.17) is 27.8 Å². The van der Waals surface area contributed by atoms with Gasteiger partial charge in [0.15, 0.2) is 0 Å². The van der Waals surface area contributed by atoms with E-state index in [9.17, 15) is 34.5 Å². The Morgan fingerprint density at radius 2 is 1.68 bits per heavy atom. The lowest BCUT2D eigenvalue weighted by molar-refractivity contribution is -0.302. The second-order valence-corrected chi connectivity index (χ2v) is 17.2. The predicted octanol–water partition coefficient (Wildman–Crippen LogP) is 4.64. The number of allylic oxidation sites excluding steroid dienone is 4. The summed E-state index contributed by atoms with van der Waals surface area (Å²) >= 11 is 0. The number of carbonyl (C=O) groups is 4. The molecule has 3 N–H and O–H groups in total. The number of hydrogen-bond acceptors (Lipinski definition) is 12. The zero-order valence-corrected chi connectivity index (χ0v) is 34.9. The summed E-state index contributed by atoms with van der Waals surface area (Å²) in [5.74, 6) is -8.98. The molecule has 1 unspecified atom stereocenters. The van der Waals surface area contributed by atoms with Gasteiger partial charge in [-0.1, -0.05) is 44.6 Å². The van der Waals surface area contributed by atoms with Crippen molar-refractivity contribution in [2.45, 2.75) is 160 Å². The van der Waals surface area contributed by atoms with Gasteiger partial charge in [0, 0.05) is 52.0 Å². The number of esters is 1. The molecule has 3 aliphatic heterocycles. The topological polar surface area (TPSA) is 178 Å². The standard InChI is InChI=1S/C44H69NO12/c1-10-13-31-19-25(2)18-26(3)20-37(54-8)40-38(55-9)22-28(5)44(52,57-40)41(49)42(50)45-17-12-11-14-32(45)43(51)56-39(29(6)34(47)24-35(31)48)27(4)21-30-15-16-33(46)36(23-30)53-7/h10,19,21,26,28-34,36-40,46-47,52H,1,11-18,20,22-24H2,2-9H3/b25-19+,27-21+/t26-,28+,29+,30-,31+,32?,33+,34-,36+,37-,38-,39+,40+,44+/m0/s1/i8D3. The number of Topliss-reactive ketones (excluding diaryl/α,β-unsaturated/α-hetero) is 2. The Labute approximate surface area is 343 Å². The summed E-state index contributed by atoms with van der Waals surface area (Å²) < 4.78 is 53.1. The van der Waals surface area contributed by atoms with Crippen molar-refractivity contribution in [3.05, 3.63) is 36.0 Å². The summed E-state index contributed by atoms with van der Waals surface area (Å²) in [5.41, 5.74) is 1.43. The molecule has 0 radical (unpaired) electrons. The first kappa shape index (κ1) is 42.3. The lowest BCUT2D eigenvalue weighted by atomic mass is 9.81. The summed E-state index contributed by atoms with van der Waals surface area (Å²) in [4.78, 5) is 58.0. The Morgan fingerprint density at radius 1 is 0.982 bits per heavy atom. The summed E-state index contributed by atoms with van der Waals surface area (Å²) in [6.07, 6.45) is 2.12. The molecule has 4 aliphatic rings. The Morgan fingerprint density at radius 3 is 2.35 bits per heavy atom. The largest absolute Gasteiger partial charge is 0.456 e. The van der Waals surface area contributed by atoms with E-state index >= 15 is 0 Å². The molecule has 2 bridgehead atoms. The van der Waals surface area contributed by atoms with Gasteiger partial charge in [-0.15, -0.1) is 6.58 Å². The molecule has 13 heteroatoms. The summed E-state index contributed by atoms with van der Waals surface area (Å²) in [5, 5.41) is 34.2. The molecule has 3 heterocycles. The number of fused-ring (bicyclic) bond motifs is 3. The molecule has 14 atom stereocenters. The first-order valence-corrected chi connectivity index (χ1v) is 20.7. The first-order valence-electron chi connectivity index (χ1n) is 22.2. The van der Waals surface area contributed by atoms with Crippen molar-refractivity contribution in [1.29, 1.82) is 0 Å². The van der Waals surface area contributed by atoms with Crippen molar-refractivity contribution < 1.29 is 62.3 Å². The maximum Gasteiger partial charge on any atom is 0.329 e. The minimum absolute atomic E-state index is 0.00719. The highest BCUT2D eigenvalue weighted by atomic mass is 16.7. The number of hydrogen-bond donors (Lipinski definition) is 3. The van der Waals surface area contributed by atoms with Crippen LogP contribution in [0.2, 0.25) is 0 Å². The van der Waals surface area contributed by atoms with E-state index in [0.29, 0.717) is 50.5 Å². The second-order valence-electron chi connectivity index (χ2n) is 17.2. The maximum atomic E-state index is 14.3. The maximum absolute atomic E-state index is 14.3. The van der Waals surface area contributed by atoms with E-state index in [0.717, 1.165) is 10.5 Å². The molecule has 0 aromatic carbocycles. The zero-order valence-electron chi connectivity index (χ0n) is 37.9. The van der Waals surface area contributed by atoms with Crippen molar-refractivity contribution in [3.63, 3.8) is 0 Å². The third-order valence-corrected chi connectivity index (χ3v) is 12.7. The molecule has 13 nitrogen and oxygen atoms in total. The molecule has 1 amide bonds. The minimum atomic E-state index is -2.90. The summed E-state index contributed by atoms with van der Waals surface area (Å²) in [6, 6.07) is -1.23. The number of nitrogens with zero attached hydrogens (tertiary/aromatic N) is 1. The van der Waals surface area contributed by atoms with Crippen LogP contribution in [0.3, 0.4) is 0 Å². The number of rotatable bonds is 7. The van der Waals surface area contributed by atoms with E-state index in [1.165, 1.54) is 14.0 Å². The number of aliphatic hydroxyl groups excluding tert-OH is 2. The molecule has 4 rings (SSSR count). The first-order chi connectivity index (χ1) is 28.1. The van der Waals surface area contributed by atoms with Crippen LogP contribution in [-0.2, 0) is 42.9 Å².